The Balaban J connectivity index is 1.38. The quantitative estimate of drug-likeness (QED) is 0.517. The number of amides is 1. The second kappa shape index (κ2) is 7.20. The summed E-state index contributed by atoms with van der Waals surface area (Å²) in [5, 5.41) is 17.7. The van der Waals surface area contributed by atoms with Crippen LogP contribution in [0.3, 0.4) is 0 Å². The van der Waals surface area contributed by atoms with Crippen molar-refractivity contribution in [2.75, 3.05) is 23.7 Å². The first-order valence-corrected chi connectivity index (χ1v) is 11.5. The zero-order chi connectivity index (χ0) is 21.8. The van der Waals surface area contributed by atoms with Crippen LogP contribution >= 0.6 is 0 Å². The fourth-order valence-corrected chi connectivity index (χ4v) is 5.66. The first kappa shape index (κ1) is 19.6. The van der Waals surface area contributed by atoms with Crippen molar-refractivity contribution in [2.24, 2.45) is 5.41 Å². The van der Waals surface area contributed by atoms with Crippen molar-refractivity contribution < 1.29 is 9.53 Å². The molecule has 0 unspecified atom stereocenters. The van der Waals surface area contributed by atoms with E-state index in [4.69, 9.17) is 10.1 Å². The third kappa shape index (κ3) is 2.97. The van der Waals surface area contributed by atoms with E-state index in [0.29, 0.717) is 5.41 Å². The molecule has 2 aromatic carbocycles. The number of ether oxygens (including phenoxy) is 1. The van der Waals surface area contributed by atoms with E-state index >= 15 is 0 Å². The number of hydrogen-bond acceptors (Lipinski definition) is 5. The number of hydrogen-bond donors (Lipinski definition) is 4. The number of rotatable bonds is 6. The summed E-state index contributed by atoms with van der Waals surface area (Å²) in [5.74, 6) is 0.857. The molecule has 1 amide bonds. The van der Waals surface area contributed by atoms with Crippen molar-refractivity contribution in [1.82, 2.24) is 5.32 Å². The molecule has 164 valence electrons. The summed E-state index contributed by atoms with van der Waals surface area (Å²) in [4.78, 5) is 13.0. The van der Waals surface area contributed by atoms with E-state index in [0.717, 1.165) is 79.1 Å². The molecule has 6 nitrogen and oxygen atoms in total. The van der Waals surface area contributed by atoms with Gasteiger partial charge in [0.2, 0.25) is 5.91 Å². The minimum absolute atomic E-state index is 0.0997. The normalized spacial score (nSPS) is 22.4. The van der Waals surface area contributed by atoms with Gasteiger partial charge in [0.25, 0.3) is 0 Å². The van der Waals surface area contributed by atoms with Crippen molar-refractivity contribution in [1.29, 1.82) is 5.41 Å². The first-order valence-electron chi connectivity index (χ1n) is 11.5. The Bertz CT molecular complexity index is 1110. The Kier molecular flexibility index (Phi) is 4.40. The van der Waals surface area contributed by atoms with Crippen LogP contribution in [0.2, 0.25) is 0 Å². The highest BCUT2D eigenvalue weighted by atomic mass is 16.5. The lowest BCUT2D eigenvalue weighted by molar-refractivity contribution is -0.123. The van der Waals surface area contributed by atoms with E-state index in [1.54, 1.807) is 6.08 Å². The monoisotopic (exact) mass is 428 g/mol. The number of anilines is 2. The van der Waals surface area contributed by atoms with Crippen LogP contribution < -0.4 is 20.7 Å². The third-order valence-electron chi connectivity index (χ3n) is 7.73. The van der Waals surface area contributed by atoms with Crippen LogP contribution in [0.25, 0.3) is 5.70 Å². The van der Waals surface area contributed by atoms with Crippen molar-refractivity contribution in [3.05, 3.63) is 59.7 Å². The first-order chi connectivity index (χ1) is 15.6. The molecule has 6 rings (SSSR count). The van der Waals surface area contributed by atoms with Crippen molar-refractivity contribution >= 4 is 29.2 Å². The zero-order valence-corrected chi connectivity index (χ0v) is 18.0. The second-order valence-electron chi connectivity index (χ2n) is 9.78. The number of nitrogens with one attached hydrogen (secondary N) is 4. The molecule has 4 N–H and O–H groups in total. The van der Waals surface area contributed by atoms with E-state index in [9.17, 15) is 4.79 Å². The molecule has 4 aliphatic rings. The predicted octanol–water partition coefficient (Wildman–Crippen LogP) is 4.29. The highest BCUT2D eigenvalue weighted by molar-refractivity contribution is 6.09. The average Bonchev–Trinajstić information content (AvgIpc) is 3.01. The highest BCUT2D eigenvalue weighted by Crippen LogP contribution is 2.55. The van der Waals surface area contributed by atoms with Gasteiger partial charge in [-0.05, 0) is 61.6 Å². The molecule has 6 heteroatoms. The van der Waals surface area contributed by atoms with Gasteiger partial charge in [-0.2, -0.15) is 0 Å². The summed E-state index contributed by atoms with van der Waals surface area (Å²) >= 11 is 0. The molecular formula is C26H28N4O2. The van der Waals surface area contributed by atoms with Crippen LogP contribution in [0.4, 0.5) is 11.4 Å². The van der Waals surface area contributed by atoms with Crippen molar-refractivity contribution in [3.8, 4) is 5.75 Å². The molecule has 0 radical (unpaired) electrons. The average molecular weight is 429 g/mol. The van der Waals surface area contributed by atoms with Gasteiger partial charge in [-0.3, -0.25) is 4.79 Å². The van der Waals surface area contributed by atoms with Crippen LogP contribution in [0.15, 0.2) is 48.5 Å². The SMILES string of the molecule is N=C/C=C(\Nc1ccccc1)c1cc(OC2CC3(CNC3)C2)c2c(c1)C1(CCC1)C(=O)N2. The minimum Gasteiger partial charge on any atom is -0.488 e. The molecule has 32 heavy (non-hydrogen) atoms. The number of fused-ring (bicyclic) bond motifs is 2. The fraction of sp³-hybridized carbons (Fsp3) is 0.385. The molecule has 2 saturated carbocycles. The lowest BCUT2D eigenvalue weighted by Gasteiger charge is -2.53. The summed E-state index contributed by atoms with van der Waals surface area (Å²) < 4.78 is 6.50. The van der Waals surface area contributed by atoms with E-state index in [1.807, 2.05) is 36.4 Å². The fourth-order valence-electron chi connectivity index (χ4n) is 5.66. The number of para-hydroxylation sites is 1. The highest BCUT2D eigenvalue weighted by Gasteiger charge is 2.53. The number of carbonyl (C=O) groups excluding carboxylic acids is 1. The van der Waals surface area contributed by atoms with Gasteiger partial charge < -0.3 is 26.1 Å². The van der Waals surface area contributed by atoms with Crippen LogP contribution in [0.5, 0.6) is 5.75 Å². The standard InChI is InChI=1S/C26H28N4O2/c27-10-7-21(29-18-5-2-1-3-6-18)17-11-20-23(30-24(31)26(20)8-4-9-26)22(12-17)32-19-13-25(14-19)15-28-16-25/h1-3,5-7,10-12,19,27-29H,4,8-9,13-16H2,(H,30,31)/b21-7-,27-10?. The lowest BCUT2D eigenvalue weighted by Crippen LogP contribution is -2.62. The van der Waals surface area contributed by atoms with Crippen LogP contribution in [-0.2, 0) is 10.2 Å². The van der Waals surface area contributed by atoms with Gasteiger partial charge in [-0.1, -0.05) is 24.6 Å². The Hall–Kier alpha value is -3.12. The van der Waals surface area contributed by atoms with E-state index < -0.39 is 5.41 Å². The van der Waals surface area contributed by atoms with Gasteiger partial charge >= 0.3 is 0 Å². The van der Waals surface area contributed by atoms with Crippen molar-refractivity contribution in [2.45, 2.75) is 43.6 Å². The maximum absolute atomic E-state index is 13.0. The molecule has 2 aromatic rings. The number of allylic oxidation sites excluding steroid dienone is 1. The molecule has 2 heterocycles. The summed E-state index contributed by atoms with van der Waals surface area (Å²) in [7, 11) is 0. The van der Waals surface area contributed by atoms with E-state index in [-0.39, 0.29) is 12.0 Å². The molecule has 0 atom stereocenters. The molecule has 2 aliphatic carbocycles. The minimum atomic E-state index is -0.426. The van der Waals surface area contributed by atoms with Crippen LogP contribution in [0.1, 0.15) is 43.2 Å². The molecular weight excluding hydrogens is 400 g/mol. The van der Waals surface area contributed by atoms with Gasteiger partial charge in [0.1, 0.15) is 11.9 Å². The van der Waals surface area contributed by atoms with Crippen molar-refractivity contribution in [3.63, 3.8) is 0 Å². The predicted molar refractivity (Wildman–Crippen MR) is 126 cm³/mol. The second-order valence-corrected chi connectivity index (χ2v) is 9.78. The largest absolute Gasteiger partial charge is 0.488 e. The summed E-state index contributed by atoms with van der Waals surface area (Å²) in [6, 6.07) is 14.1. The maximum atomic E-state index is 13.0. The Morgan fingerprint density at radius 1 is 1.16 bits per heavy atom. The summed E-state index contributed by atoms with van der Waals surface area (Å²) in [6.07, 6.45) is 8.17. The molecule has 0 bridgehead atoms. The van der Waals surface area contributed by atoms with Gasteiger partial charge in [0, 0.05) is 41.7 Å². The molecule has 1 saturated heterocycles. The van der Waals surface area contributed by atoms with Gasteiger partial charge in [0.15, 0.2) is 0 Å². The lowest BCUT2D eigenvalue weighted by atomic mass is 9.63. The van der Waals surface area contributed by atoms with Gasteiger partial charge in [-0.15, -0.1) is 0 Å². The smallest absolute Gasteiger partial charge is 0.235 e. The Labute approximate surface area is 187 Å². The Morgan fingerprint density at radius 3 is 2.56 bits per heavy atom. The van der Waals surface area contributed by atoms with Crippen LogP contribution in [-0.4, -0.2) is 31.3 Å². The van der Waals surface area contributed by atoms with Gasteiger partial charge in [0.05, 0.1) is 11.1 Å². The van der Waals surface area contributed by atoms with Crippen LogP contribution in [0, 0.1) is 10.8 Å². The summed E-state index contributed by atoms with van der Waals surface area (Å²) in [5.41, 5.74) is 4.60. The number of carbonyl (C=O) groups is 1. The molecule has 2 spiro atoms. The zero-order valence-electron chi connectivity index (χ0n) is 18.0. The topological polar surface area (TPSA) is 86.2 Å². The molecule has 0 aromatic heterocycles. The molecule has 3 fully saturated rings. The van der Waals surface area contributed by atoms with E-state index in [1.165, 1.54) is 6.21 Å². The Morgan fingerprint density at radius 2 is 1.94 bits per heavy atom. The maximum Gasteiger partial charge on any atom is 0.235 e. The third-order valence-corrected chi connectivity index (χ3v) is 7.73. The molecule has 2 aliphatic heterocycles. The van der Waals surface area contributed by atoms with Gasteiger partial charge in [-0.25, -0.2) is 0 Å². The van der Waals surface area contributed by atoms with E-state index in [2.05, 4.69) is 22.0 Å². The number of benzene rings is 2. The summed E-state index contributed by atoms with van der Waals surface area (Å²) in [6.45, 7) is 2.16.